The summed E-state index contributed by atoms with van der Waals surface area (Å²) in [6, 6.07) is 17.8. The van der Waals surface area contributed by atoms with Crippen molar-refractivity contribution in [2.24, 2.45) is 5.73 Å². The summed E-state index contributed by atoms with van der Waals surface area (Å²) in [7, 11) is 0. The number of aryl methyl sites for hydroxylation is 2. The first kappa shape index (κ1) is 14.2. The minimum absolute atomic E-state index is 0.280. The fourth-order valence-electron chi connectivity index (χ4n) is 3.49. The maximum atomic E-state index is 6.17. The van der Waals surface area contributed by atoms with Gasteiger partial charge in [0.1, 0.15) is 0 Å². The number of hydrogen-bond acceptors (Lipinski definition) is 2. The van der Waals surface area contributed by atoms with Crippen molar-refractivity contribution in [3.05, 3.63) is 65.2 Å². The summed E-state index contributed by atoms with van der Waals surface area (Å²) in [5.41, 5.74) is 11.8. The fourth-order valence-corrected chi connectivity index (χ4v) is 3.49. The van der Waals surface area contributed by atoms with Gasteiger partial charge in [0.25, 0.3) is 0 Å². The van der Waals surface area contributed by atoms with E-state index in [1.54, 1.807) is 0 Å². The standard InChI is InChI=1S/C19H24N2/c1-2-15-8-3-5-11-17(15)19(14-20)21-13-7-10-16-9-4-6-12-18(16)21/h3-6,8-9,11-12,19H,2,7,10,13-14,20H2,1H3. The van der Waals surface area contributed by atoms with Crippen molar-refractivity contribution in [3.8, 4) is 0 Å². The van der Waals surface area contributed by atoms with Crippen molar-refractivity contribution in [3.63, 3.8) is 0 Å². The number of benzene rings is 2. The molecule has 1 heterocycles. The normalized spacial score (nSPS) is 15.6. The molecule has 0 radical (unpaired) electrons. The summed E-state index contributed by atoms with van der Waals surface area (Å²) in [4.78, 5) is 2.51. The molecule has 0 spiro atoms. The molecule has 2 aromatic carbocycles. The van der Waals surface area contributed by atoms with Gasteiger partial charge in [-0.05, 0) is 42.0 Å². The molecule has 2 N–H and O–H groups in total. The number of anilines is 1. The van der Waals surface area contributed by atoms with Crippen LogP contribution in [0.5, 0.6) is 0 Å². The van der Waals surface area contributed by atoms with E-state index in [4.69, 9.17) is 5.73 Å². The SMILES string of the molecule is CCc1ccccc1C(CN)N1CCCc2ccccc21. The Morgan fingerprint density at radius 1 is 1.10 bits per heavy atom. The second kappa shape index (κ2) is 6.31. The van der Waals surface area contributed by atoms with Crippen LogP contribution >= 0.6 is 0 Å². The van der Waals surface area contributed by atoms with Gasteiger partial charge in [-0.1, -0.05) is 49.4 Å². The lowest BCUT2D eigenvalue weighted by Gasteiger charge is -2.38. The van der Waals surface area contributed by atoms with E-state index in [0.717, 1.165) is 13.0 Å². The monoisotopic (exact) mass is 280 g/mol. The summed E-state index contributed by atoms with van der Waals surface area (Å²) >= 11 is 0. The topological polar surface area (TPSA) is 29.3 Å². The molecule has 1 aliphatic rings. The van der Waals surface area contributed by atoms with Gasteiger partial charge in [0.2, 0.25) is 0 Å². The summed E-state index contributed by atoms with van der Waals surface area (Å²) in [5, 5.41) is 0. The Bertz CT molecular complexity index is 606. The van der Waals surface area contributed by atoms with E-state index in [2.05, 4.69) is 60.4 Å². The second-order valence-corrected chi connectivity index (χ2v) is 5.73. The number of nitrogens with zero attached hydrogens (tertiary/aromatic N) is 1. The van der Waals surface area contributed by atoms with Gasteiger partial charge in [-0.2, -0.15) is 0 Å². The predicted octanol–water partition coefficient (Wildman–Crippen LogP) is 3.70. The number of nitrogens with two attached hydrogens (primary N) is 1. The van der Waals surface area contributed by atoms with Crippen LogP contribution in [0.2, 0.25) is 0 Å². The first-order chi connectivity index (χ1) is 10.3. The van der Waals surface area contributed by atoms with Crippen molar-refractivity contribution < 1.29 is 0 Å². The lowest BCUT2D eigenvalue weighted by atomic mass is 9.93. The zero-order chi connectivity index (χ0) is 14.7. The largest absolute Gasteiger partial charge is 0.363 e. The minimum atomic E-state index is 0.280. The van der Waals surface area contributed by atoms with Gasteiger partial charge in [0.05, 0.1) is 6.04 Å². The predicted molar refractivity (Wildman–Crippen MR) is 89.7 cm³/mol. The van der Waals surface area contributed by atoms with Crippen LogP contribution in [0.15, 0.2) is 48.5 Å². The Morgan fingerprint density at radius 2 is 1.86 bits per heavy atom. The van der Waals surface area contributed by atoms with Crippen LogP contribution in [-0.4, -0.2) is 13.1 Å². The number of hydrogen-bond donors (Lipinski definition) is 1. The maximum absolute atomic E-state index is 6.17. The van der Waals surface area contributed by atoms with Crippen molar-refractivity contribution in [2.45, 2.75) is 32.2 Å². The molecule has 2 aromatic rings. The first-order valence-electron chi connectivity index (χ1n) is 7.97. The van der Waals surface area contributed by atoms with E-state index in [1.165, 1.54) is 35.2 Å². The molecule has 1 atom stereocenters. The first-order valence-corrected chi connectivity index (χ1v) is 7.97. The van der Waals surface area contributed by atoms with E-state index in [1.807, 2.05) is 0 Å². The summed E-state index contributed by atoms with van der Waals surface area (Å²) in [6.45, 7) is 3.97. The van der Waals surface area contributed by atoms with Gasteiger partial charge < -0.3 is 10.6 Å². The molecule has 3 rings (SSSR count). The van der Waals surface area contributed by atoms with Crippen molar-refractivity contribution in [1.82, 2.24) is 0 Å². The molecule has 0 aromatic heterocycles. The number of fused-ring (bicyclic) bond motifs is 1. The number of rotatable bonds is 4. The van der Waals surface area contributed by atoms with Gasteiger partial charge in [-0.3, -0.25) is 0 Å². The molecule has 110 valence electrons. The van der Waals surface area contributed by atoms with Crippen LogP contribution in [0.3, 0.4) is 0 Å². The zero-order valence-electron chi connectivity index (χ0n) is 12.8. The van der Waals surface area contributed by atoms with Crippen LogP contribution in [0.4, 0.5) is 5.69 Å². The lowest BCUT2D eigenvalue weighted by Crippen LogP contribution is -2.37. The van der Waals surface area contributed by atoms with E-state index in [9.17, 15) is 0 Å². The quantitative estimate of drug-likeness (QED) is 0.925. The van der Waals surface area contributed by atoms with Gasteiger partial charge >= 0.3 is 0 Å². The molecule has 0 amide bonds. The molecule has 0 saturated heterocycles. The maximum Gasteiger partial charge on any atom is 0.0667 e. The Hall–Kier alpha value is -1.80. The van der Waals surface area contributed by atoms with Crippen LogP contribution in [0.25, 0.3) is 0 Å². The van der Waals surface area contributed by atoms with Gasteiger partial charge in [-0.25, -0.2) is 0 Å². The van der Waals surface area contributed by atoms with E-state index in [0.29, 0.717) is 6.54 Å². The van der Waals surface area contributed by atoms with Crippen molar-refractivity contribution in [2.75, 3.05) is 18.0 Å². The van der Waals surface area contributed by atoms with Crippen LogP contribution < -0.4 is 10.6 Å². The lowest BCUT2D eigenvalue weighted by molar-refractivity contribution is 0.584. The average molecular weight is 280 g/mol. The third-order valence-corrected chi connectivity index (χ3v) is 4.54. The summed E-state index contributed by atoms with van der Waals surface area (Å²) < 4.78 is 0. The van der Waals surface area contributed by atoms with Crippen molar-refractivity contribution >= 4 is 5.69 Å². The molecule has 1 unspecified atom stereocenters. The molecule has 2 nitrogen and oxygen atoms in total. The zero-order valence-corrected chi connectivity index (χ0v) is 12.8. The van der Waals surface area contributed by atoms with Gasteiger partial charge in [-0.15, -0.1) is 0 Å². The third kappa shape index (κ3) is 2.68. The Kier molecular flexibility index (Phi) is 4.26. The summed E-state index contributed by atoms with van der Waals surface area (Å²) in [5.74, 6) is 0. The molecule has 0 fully saturated rings. The minimum Gasteiger partial charge on any atom is -0.363 e. The average Bonchev–Trinajstić information content (AvgIpc) is 2.56. The third-order valence-electron chi connectivity index (χ3n) is 4.54. The molecule has 0 saturated carbocycles. The molecule has 0 bridgehead atoms. The van der Waals surface area contributed by atoms with Gasteiger partial charge in [0.15, 0.2) is 0 Å². The van der Waals surface area contributed by atoms with Gasteiger partial charge in [0, 0.05) is 18.8 Å². The Morgan fingerprint density at radius 3 is 2.67 bits per heavy atom. The van der Waals surface area contributed by atoms with E-state index in [-0.39, 0.29) is 6.04 Å². The van der Waals surface area contributed by atoms with Crippen molar-refractivity contribution in [1.29, 1.82) is 0 Å². The molecule has 21 heavy (non-hydrogen) atoms. The Labute approximate surface area is 127 Å². The highest BCUT2D eigenvalue weighted by Gasteiger charge is 2.25. The molecular formula is C19H24N2. The fraction of sp³-hybridized carbons (Fsp3) is 0.368. The highest BCUT2D eigenvalue weighted by Crippen LogP contribution is 2.34. The van der Waals surface area contributed by atoms with Crippen LogP contribution in [0, 0.1) is 0 Å². The van der Waals surface area contributed by atoms with Crippen LogP contribution in [-0.2, 0) is 12.8 Å². The highest BCUT2D eigenvalue weighted by atomic mass is 15.2. The number of para-hydroxylation sites is 1. The summed E-state index contributed by atoms with van der Waals surface area (Å²) in [6.07, 6.45) is 3.45. The van der Waals surface area contributed by atoms with E-state index < -0.39 is 0 Å². The molecular weight excluding hydrogens is 256 g/mol. The van der Waals surface area contributed by atoms with E-state index >= 15 is 0 Å². The molecule has 0 aliphatic carbocycles. The molecule has 1 aliphatic heterocycles. The smallest absolute Gasteiger partial charge is 0.0667 e. The Balaban J connectivity index is 2.01. The second-order valence-electron chi connectivity index (χ2n) is 5.73. The van der Waals surface area contributed by atoms with Crippen LogP contribution in [0.1, 0.15) is 36.1 Å². The molecule has 2 heteroatoms. The highest BCUT2D eigenvalue weighted by molar-refractivity contribution is 5.57.